The molecule has 0 aromatic heterocycles. The predicted molar refractivity (Wildman–Crippen MR) is 80.3 cm³/mol. The largest absolute Gasteiger partial charge is 0.469 e. The standard InChI is InChI=1S/C15H23N3O5/c1-3-12(19)18-9-8-17(15(18)22)11-4-6-16(7-5-11)13(20)10-14(21)23-2/h11H,3-10H2,1-2H3. The van der Waals surface area contributed by atoms with Gasteiger partial charge in [-0.15, -0.1) is 0 Å². The number of rotatable bonds is 4. The minimum absolute atomic E-state index is 0.0410. The van der Waals surface area contributed by atoms with Crippen molar-refractivity contribution in [2.24, 2.45) is 0 Å². The Bertz CT molecular complexity index is 499. The quantitative estimate of drug-likeness (QED) is 0.545. The second-order valence-corrected chi connectivity index (χ2v) is 5.74. The van der Waals surface area contributed by atoms with Gasteiger partial charge in [-0.3, -0.25) is 19.3 Å². The third kappa shape index (κ3) is 3.80. The van der Waals surface area contributed by atoms with Crippen molar-refractivity contribution in [2.45, 2.75) is 38.6 Å². The Morgan fingerprint density at radius 1 is 1.09 bits per heavy atom. The normalized spacial score (nSPS) is 19.2. The molecule has 0 atom stereocenters. The molecule has 128 valence electrons. The minimum Gasteiger partial charge on any atom is -0.469 e. The van der Waals surface area contributed by atoms with E-state index in [4.69, 9.17) is 0 Å². The van der Waals surface area contributed by atoms with E-state index >= 15 is 0 Å². The Kier molecular flexibility index (Phi) is 5.57. The second kappa shape index (κ2) is 7.43. The first-order valence-corrected chi connectivity index (χ1v) is 7.93. The molecule has 0 unspecified atom stereocenters. The van der Waals surface area contributed by atoms with Gasteiger partial charge in [0.2, 0.25) is 11.8 Å². The molecule has 0 saturated carbocycles. The highest BCUT2D eigenvalue weighted by Gasteiger charge is 2.38. The van der Waals surface area contributed by atoms with E-state index in [1.54, 1.807) is 16.7 Å². The molecule has 2 saturated heterocycles. The topological polar surface area (TPSA) is 87.2 Å². The molecule has 0 N–H and O–H groups in total. The van der Waals surface area contributed by atoms with Crippen LogP contribution in [-0.4, -0.2) is 77.8 Å². The molecular weight excluding hydrogens is 302 g/mol. The first kappa shape index (κ1) is 17.2. The summed E-state index contributed by atoms with van der Waals surface area (Å²) >= 11 is 0. The number of carbonyl (C=O) groups excluding carboxylic acids is 4. The first-order valence-electron chi connectivity index (χ1n) is 7.93. The minimum atomic E-state index is -0.541. The zero-order valence-electron chi connectivity index (χ0n) is 13.6. The molecule has 2 rings (SSSR count). The molecule has 0 aromatic rings. The number of amides is 4. The maximum absolute atomic E-state index is 12.3. The number of methoxy groups -OCH3 is 1. The number of piperidine rings is 1. The molecule has 0 aliphatic carbocycles. The zero-order chi connectivity index (χ0) is 17.0. The fourth-order valence-corrected chi connectivity index (χ4v) is 3.05. The van der Waals surface area contributed by atoms with Crippen LogP contribution >= 0.6 is 0 Å². The van der Waals surface area contributed by atoms with Crippen molar-refractivity contribution in [1.82, 2.24) is 14.7 Å². The zero-order valence-corrected chi connectivity index (χ0v) is 13.6. The smallest absolute Gasteiger partial charge is 0.327 e. The van der Waals surface area contributed by atoms with Gasteiger partial charge >= 0.3 is 12.0 Å². The van der Waals surface area contributed by atoms with Crippen molar-refractivity contribution in [3.8, 4) is 0 Å². The molecule has 0 radical (unpaired) electrons. The van der Waals surface area contributed by atoms with Crippen molar-refractivity contribution in [1.29, 1.82) is 0 Å². The van der Waals surface area contributed by atoms with Crippen LogP contribution in [0.1, 0.15) is 32.6 Å². The number of hydrogen-bond donors (Lipinski definition) is 0. The number of urea groups is 1. The molecule has 23 heavy (non-hydrogen) atoms. The molecule has 2 heterocycles. The van der Waals surface area contributed by atoms with Gasteiger partial charge < -0.3 is 14.5 Å². The maximum atomic E-state index is 12.3. The van der Waals surface area contributed by atoms with Gasteiger partial charge in [0.25, 0.3) is 0 Å². The van der Waals surface area contributed by atoms with Crippen molar-refractivity contribution in [3.05, 3.63) is 0 Å². The lowest BCUT2D eigenvalue weighted by molar-refractivity contribution is -0.147. The van der Waals surface area contributed by atoms with Gasteiger partial charge in [-0.2, -0.15) is 0 Å². The molecule has 4 amide bonds. The lowest BCUT2D eigenvalue weighted by Gasteiger charge is -2.36. The number of ether oxygens (including phenoxy) is 1. The number of nitrogens with zero attached hydrogens (tertiary/aromatic N) is 3. The van der Waals surface area contributed by atoms with E-state index in [0.29, 0.717) is 45.4 Å². The van der Waals surface area contributed by atoms with Crippen LogP contribution < -0.4 is 0 Å². The highest BCUT2D eigenvalue weighted by atomic mass is 16.5. The van der Waals surface area contributed by atoms with Crippen LogP contribution in [-0.2, 0) is 19.1 Å². The van der Waals surface area contributed by atoms with E-state index in [0.717, 1.165) is 0 Å². The van der Waals surface area contributed by atoms with Crippen molar-refractivity contribution < 1.29 is 23.9 Å². The van der Waals surface area contributed by atoms with Crippen molar-refractivity contribution in [3.63, 3.8) is 0 Å². The summed E-state index contributed by atoms with van der Waals surface area (Å²) in [4.78, 5) is 51.7. The number of hydrogen-bond acceptors (Lipinski definition) is 5. The van der Waals surface area contributed by atoms with E-state index in [1.165, 1.54) is 12.0 Å². The van der Waals surface area contributed by atoms with E-state index < -0.39 is 5.97 Å². The average molecular weight is 325 g/mol. The monoisotopic (exact) mass is 325 g/mol. The highest BCUT2D eigenvalue weighted by Crippen LogP contribution is 2.22. The summed E-state index contributed by atoms with van der Waals surface area (Å²) in [5, 5.41) is 0. The Morgan fingerprint density at radius 2 is 1.74 bits per heavy atom. The number of imide groups is 1. The molecule has 2 aliphatic rings. The lowest BCUT2D eigenvalue weighted by atomic mass is 10.0. The van der Waals surface area contributed by atoms with Gasteiger partial charge in [0, 0.05) is 38.6 Å². The summed E-state index contributed by atoms with van der Waals surface area (Å²) in [6, 6.07) is -0.185. The van der Waals surface area contributed by atoms with Crippen molar-refractivity contribution in [2.75, 3.05) is 33.3 Å². The Hall–Kier alpha value is -2.12. The summed E-state index contributed by atoms with van der Waals surface area (Å²) in [5.41, 5.74) is 0. The van der Waals surface area contributed by atoms with Crippen LogP contribution in [0.25, 0.3) is 0 Å². The van der Waals surface area contributed by atoms with E-state index in [1.807, 2.05) is 0 Å². The number of carbonyl (C=O) groups is 4. The third-order valence-electron chi connectivity index (χ3n) is 4.43. The van der Waals surface area contributed by atoms with Crippen molar-refractivity contribution >= 4 is 23.8 Å². The Labute approximate surface area is 135 Å². The molecule has 2 aliphatic heterocycles. The second-order valence-electron chi connectivity index (χ2n) is 5.74. The van der Waals surface area contributed by atoms with Gasteiger partial charge in [-0.1, -0.05) is 6.92 Å². The fourth-order valence-electron chi connectivity index (χ4n) is 3.05. The fraction of sp³-hybridized carbons (Fsp3) is 0.733. The summed E-state index contributed by atoms with van der Waals surface area (Å²) in [5.74, 6) is -0.936. The number of likely N-dealkylation sites (tertiary alicyclic amines) is 1. The number of esters is 1. The maximum Gasteiger partial charge on any atom is 0.327 e. The van der Waals surface area contributed by atoms with Gasteiger partial charge in [0.15, 0.2) is 0 Å². The van der Waals surface area contributed by atoms with Gasteiger partial charge in [0.1, 0.15) is 6.42 Å². The molecule has 0 spiro atoms. The highest BCUT2D eigenvalue weighted by molar-refractivity contribution is 5.96. The lowest BCUT2D eigenvalue weighted by Crippen LogP contribution is -2.48. The Balaban J connectivity index is 1.85. The van der Waals surface area contributed by atoms with E-state index in [2.05, 4.69) is 4.74 Å². The van der Waals surface area contributed by atoms with Crippen LogP contribution in [0, 0.1) is 0 Å². The SMILES string of the molecule is CCC(=O)N1CCN(C2CCN(C(=O)CC(=O)OC)CC2)C1=O. The summed E-state index contributed by atoms with van der Waals surface area (Å²) in [7, 11) is 1.25. The molecule has 0 bridgehead atoms. The molecule has 0 aromatic carbocycles. The van der Waals surface area contributed by atoms with Crippen LogP contribution in [0.2, 0.25) is 0 Å². The van der Waals surface area contributed by atoms with Gasteiger partial charge in [-0.25, -0.2) is 4.79 Å². The van der Waals surface area contributed by atoms with Crippen LogP contribution in [0.3, 0.4) is 0 Å². The van der Waals surface area contributed by atoms with Crippen LogP contribution in [0.4, 0.5) is 4.79 Å². The average Bonchev–Trinajstić information content (AvgIpc) is 2.95. The van der Waals surface area contributed by atoms with Gasteiger partial charge in [0.05, 0.1) is 7.11 Å². The summed E-state index contributed by atoms with van der Waals surface area (Å²) in [6.07, 6.45) is 1.39. The molecular formula is C15H23N3O5. The molecule has 8 heteroatoms. The third-order valence-corrected chi connectivity index (χ3v) is 4.43. The van der Waals surface area contributed by atoms with Crippen LogP contribution in [0.15, 0.2) is 0 Å². The first-order chi connectivity index (χ1) is 11.0. The van der Waals surface area contributed by atoms with Crippen LogP contribution in [0.5, 0.6) is 0 Å². The predicted octanol–water partition coefficient (Wildman–Crippen LogP) is 0.215. The Morgan fingerprint density at radius 3 is 2.30 bits per heavy atom. The van der Waals surface area contributed by atoms with E-state index in [9.17, 15) is 19.2 Å². The molecule has 8 nitrogen and oxygen atoms in total. The summed E-state index contributed by atoms with van der Waals surface area (Å²) < 4.78 is 4.50. The summed E-state index contributed by atoms with van der Waals surface area (Å²) in [6.45, 7) is 3.74. The van der Waals surface area contributed by atoms with Gasteiger partial charge in [-0.05, 0) is 12.8 Å². The molecule has 2 fully saturated rings. The van der Waals surface area contributed by atoms with E-state index in [-0.39, 0.29) is 30.3 Å².